The molecule has 0 saturated carbocycles. The molecule has 0 saturated heterocycles. The zero-order chi connectivity index (χ0) is 13.2. The van der Waals surface area contributed by atoms with E-state index in [9.17, 15) is 13.2 Å². The summed E-state index contributed by atoms with van der Waals surface area (Å²) >= 11 is 4.29. The molecule has 1 rings (SSSR count). The standard InChI is InChI=1S/C9H12BrNO4S2/c1-3-6(9(12)13)11-17(14,15)7-4-5(2)8(10)16-7/h4,6,11H,3H2,1-2H3,(H,12,13)/t6-/m1/s1. The van der Waals surface area contributed by atoms with Gasteiger partial charge in [0, 0.05) is 0 Å². The van der Waals surface area contributed by atoms with E-state index < -0.39 is 22.0 Å². The number of hydrogen-bond acceptors (Lipinski definition) is 4. The number of carboxylic acids is 1. The average molecular weight is 342 g/mol. The Kier molecular flexibility index (Phi) is 4.70. The third-order valence-electron chi connectivity index (χ3n) is 2.10. The lowest BCUT2D eigenvalue weighted by Crippen LogP contribution is -2.39. The van der Waals surface area contributed by atoms with E-state index >= 15 is 0 Å². The molecule has 1 aromatic heterocycles. The number of sulfonamides is 1. The maximum Gasteiger partial charge on any atom is 0.321 e. The quantitative estimate of drug-likeness (QED) is 0.857. The van der Waals surface area contributed by atoms with Crippen molar-refractivity contribution in [1.82, 2.24) is 4.72 Å². The van der Waals surface area contributed by atoms with Gasteiger partial charge in [-0.25, -0.2) is 8.42 Å². The Bertz CT molecular complexity index is 504. The van der Waals surface area contributed by atoms with Gasteiger partial charge in [0.2, 0.25) is 0 Å². The highest BCUT2D eigenvalue weighted by molar-refractivity contribution is 9.11. The van der Waals surface area contributed by atoms with Crippen LogP contribution in [0.25, 0.3) is 0 Å². The van der Waals surface area contributed by atoms with E-state index in [1.165, 1.54) is 6.07 Å². The molecular weight excluding hydrogens is 330 g/mol. The summed E-state index contributed by atoms with van der Waals surface area (Å²) in [6.07, 6.45) is 0.195. The first kappa shape index (κ1) is 14.6. The van der Waals surface area contributed by atoms with Crippen LogP contribution in [0.4, 0.5) is 0 Å². The van der Waals surface area contributed by atoms with Gasteiger partial charge in [-0.05, 0) is 40.9 Å². The molecule has 1 aromatic rings. The number of nitrogens with one attached hydrogen (secondary N) is 1. The molecule has 0 aliphatic rings. The number of aliphatic carboxylic acids is 1. The third-order valence-corrected chi connectivity index (χ3v) is 6.19. The third kappa shape index (κ3) is 3.51. The van der Waals surface area contributed by atoms with Gasteiger partial charge < -0.3 is 5.11 Å². The molecule has 1 heterocycles. The first-order chi connectivity index (χ1) is 7.77. The van der Waals surface area contributed by atoms with E-state index in [1.54, 1.807) is 13.8 Å². The van der Waals surface area contributed by atoms with Gasteiger partial charge >= 0.3 is 5.97 Å². The summed E-state index contributed by atoms with van der Waals surface area (Å²) < 4.78 is 26.8. The van der Waals surface area contributed by atoms with Crippen LogP contribution in [-0.4, -0.2) is 25.5 Å². The number of carbonyl (C=O) groups is 1. The van der Waals surface area contributed by atoms with Gasteiger partial charge in [-0.15, -0.1) is 11.3 Å². The minimum atomic E-state index is -3.76. The largest absolute Gasteiger partial charge is 0.480 e. The number of carboxylic acid groups (broad SMARTS) is 1. The first-order valence-corrected chi connectivity index (χ1v) is 7.88. The summed E-state index contributed by atoms with van der Waals surface area (Å²) in [7, 11) is -3.76. The fourth-order valence-electron chi connectivity index (χ4n) is 1.12. The molecule has 1 atom stereocenters. The average Bonchev–Trinajstić information content (AvgIpc) is 2.56. The van der Waals surface area contributed by atoms with Crippen LogP contribution in [-0.2, 0) is 14.8 Å². The highest BCUT2D eigenvalue weighted by Gasteiger charge is 2.25. The van der Waals surface area contributed by atoms with Gasteiger partial charge in [0.25, 0.3) is 10.0 Å². The molecule has 2 N–H and O–H groups in total. The number of halogens is 1. The van der Waals surface area contributed by atoms with Crippen LogP contribution < -0.4 is 4.72 Å². The summed E-state index contributed by atoms with van der Waals surface area (Å²) in [5, 5.41) is 8.81. The van der Waals surface area contributed by atoms with E-state index in [0.717, 1.165) is 20.7 Å². The molecule has 5 nitrogen and oxygen atoms in total. The van der Waals surface area contributed by atoms with Crippen LogP contribution in [0.15, 0.2) is 14.1 Å². The minimum absolute atomic E-state index is 0.113. The molecule has 96 valence electrons. The molecule has 0 aliphatic heterocycles. The van der Waals surface area contributed by atoms with Gasteiger partial charge in [0.1, 0.15) is 10.3 Å². The lowest BCUT2D eigenvalue weighted by molar-refractivity contribution is -0.139. The summed E-state index contributed by atoms with van der Waals surface area (Å²) in [5.41, 5.74) is 0.804. The lowest BCUT2D eigenvalue weighted by atomic mass is 10.2. The molecule has 0 bridgehead atoms. The van der Waals surface area contributed by atoms with Gasteiger partial charge in [-0.1, -0.05) is 6.92 Å². The zero-order valence-corrected chi connectivity index (χ0v) is 12.4. The Morgan fingerprint density at radius 3 is 2.59 bits per heavy atom. The van der Waals surface area contributed by atoms with Gasteiger partial charge in [-0.2, -0.15) is 4.72 Å². The predicted molar refractivity (Wildman–Crippen MR) is 68.8 cm³/mol. The number of hydrogen-bond donors (Lipinski definition) is 2. The van der Waals surface area contributed by atoms with E-state index in [0.29, 0.717) is 0 Å². The van der Waals surface area contributed by atoms with E-state index in [-0.39, 0.29) is 10.6 Å². The fraction of sp³-hybridized carbons (Fsp3) is 0.444. The molecule has 17 heavy (non-hydrogen) atoms. The maximum atomic E-state index is 11.9. The van der Waals surface area contributed by atoms with Crippen molar-refractivity contribution in [3.63, 3.8) is 0 Å². The van der Waals surface area contributed by atoms with Crippen molar-refractivity contribution in [2.24, 2.45) is 0 Å². The Morgan fingerprint density at radius 2 is 2.24 bits per heavy atom. The smallest absolute Gasteiger partial charge is 0.321 e. The predicted octanol–water partition coefficient (Wildman–Crippen LogP) is 1.96. The number of thiophene rings is 1. The molecule has 8 heteroatoms. The molecule has 0 fully saturated rings. The van der Waals surface area contributed by atoms with E-state index in [4.69, 9.17) is 5.11 Å². The topological polar surface area (TPSA) is 83.5 Å². The first-order valence-electron chi connectivity index (χ1n) is 4.79. The fourth-order valence-corrected chi connectivity index (χ4v) is 4.63. The normalized spacial score (nSPS) is 13.6. The summed E-state index contributed by atoms with van der Waals surface area (Å²) in [4.78, 5) is 10.8. The Balaban J connectivity index is 3.00. The van der Waals surface area contributed by atoms with Gasteiger partial charge in [-0.3, -0.25) is 4.79 Å². The van der Waals surface area contributed by atoms with Crippen LogP contribution in [0.5, 0.6) is 0 Å². The van der Waals surface area contributed by atoms with Crippen molar-refractivity contribution in [2.75, 3.05) is 0 Å². The highest BCUT2D eigenvalue weighted by Crippen LogP contribution is 2.30. The second kappa shape index (κ2) is 5.47. The van der Waals surface area contributed by atoms with Crippen molar-refractivity contribution in [3.8, 4) is 0 Å². The van der Waals surface area contributed by atoms with Crippen LogP contribution in [0.1, 0.15) is 18.9 Å². The number of aryl methyl sites for hydroxylation is 1. The summed E-state index contributed by atoms with van der Waals surface area (Å²) in [5.74, 6) is -1.18. The van der Waals surface area contributed by atoms with Gasteiger partial charge in [0.15, 0.2) is 0 Å². The molecule has 0 aliphatic carbocycles. The molecular formula is C9H12BrNO4S2. The van der Waals surface area contributed by atoms with Crippen molar-refractivity contribution in [1.29, 1.82) is 0 Å². The minimum Gasteiger partial charge on any atom is -0.480 e. The summed E-state index contributed by atoms with van der Waals surface area (Å²) in [6.45, 7) is 3.38. The van der Waals surface area contributed by atoms with Crippen molar-refractivity contribution in [3.05, 3.63) is 15.4 Å². The number of rotatable bonds is 5. The van der Waals surface area contributed by atoms with Crippen molar-refractivity contribution in [2.45, 2.75) is 30.5 Å². The van der Waals surface area contributed by atoms with Crippen LogP contribution in [0, 0.1) is 6.92 Å². The summed E-state index contributed by atoms with van der Waals surface area (Å²) in [6, 6.07) is 0.409. The maximum absolute atomic E-state index is 11.9. The Morgan fingerprint density at radius 1 is 1.65 bits per heavy atom. The van der Waals surface area contributed by atoms with Gasteiger partial charge in [0.05, 0.1) is 3.79 Å². The molecule has 0 radical (unpaired) electrons. The van der Waals surface area contributed by atoms with Crippen molar-refractivity contribution >= 4 is 43.3 Å². The second-order valence-electron chi connectivity index (χ2n) is 3.44. The Labute approximate surface area is 112 Å². The van der Waals surface area contributed by atoms with Crippen LogP contribution in [0.3, 0.4) is 0 Å². The molecule has 0 spiro atoms. The SMILES string of the molecule is CC[C@@H](NS(=O)(=O)c1cc(C)c(Br)s1)C(=O)O. The lowest BCUT2D eigenvalue weighted by Gasteiger charge is -2.11. The zero-order valence-electron chi connectivity index (χ0n) is 9.23. The second-order valence-corrected chi connectivity index (χ2v) is 7.75. The molecule has 0 aromatic carbocycles. The highest BCUT2D eigenvalue weighted by atomic mass is 79.9. The van der Waals surface area contributed by atoms with Crippen molar-refractivity contribution < 1.29 is 18.3 Å². The molecule has 0 amide bonds. The van der Waals surface area contributed by atoms with Crippen LogP contribution >= 0.6 is 27.3 Å². The van der Waals surface area contributed by atoms with Crippen LogP contribution in [0.2, 0.25) is 0 Å². The molecule has 0 unspecified atom stereocenters. The Hall–Kier alpha value is -0.440. The van der Waals surface area contributed by atoms with E-state index in [1.807, 2.05) is 0 Å². The van der Waals surface area contributed by atoms with E-state index in [2.05, 4.69) is 20.7 Å². The monoisotopic (exact) mass is 341 g/mol.